The number of fused-ring (bicyclic) bond motifs is 1. The van der Waals surface area contributed by atoms with Gasteiger partial charge in [-0.1, -0.05) is 6.07 Å². The molecule has 0 amide bonds. The Morgan fingerprint density at radius 1 is 1.50 bits per heavy atom. The number of hydrogen-bond acceptors (Lipinski definition) is 4. The molecule has 0 N–H and O–H groups in total. The molecule has 0 saturated carbocycles. The van der Waals surface area contributed by atoms with E-state index in [2.05, 4.69) is 0 Å². The number of esters is 1. The molecule has 1 heterocycles. The van der Waals surface area contributed by atoms with Crippen LogP contribution in [0.4, 0.5) is 0 Å². The van der Waals surface area contributed by atoms with Gasteiger partial charge in [0.2, 0.25) is 0 Å². The monoisotopic (exact) mass is 250 g/mol. The van der Waals surface area contributed by atoms with Gasteiger partial charge < -0.3 is 14.2 Å². The first-order valence-corrected chi connectivity index (χ1v) is 6.13. The lowest BCUT2D eigenvalue weighted by atomic mass is 9.95. The third-order valence-electron chi connectivity index (χ3n) is 3.17. The summed E-state index contributed by atoms with van der Waals surface area (Å²) in [6.07, 6.45) is 0.666. The van der Waals surface area contributed by atoms with E-state index in [0.29, 0.717) is 19.6 Å². The van der Waals surface area contributed by atoms with E-state index in [4.69, 9.17) is 14.2 Å². The normalized spacial score (nSPS) is 17.6. The van der Waals surface area contributed by atoms with Crippen molar-refractivity contribution in [3.63, 3.8) is 0 Å². The molecule has 1 aliphatic heterocycles. The number of methoxy groups -OCH3 is 1. The molecule has 1 aliphatic rings. The molecular formula is C14H18O4. The number of carbonyl (C=O) groups is 1. The first-order valence-electron chi connectivity index (χ1n) is 6.13. The molecule has 1 atom stereocenters. The van der Waals surface area contributed by atoms with Gasteiger partial charge in [0.1, 0.15) is 18.1 Å². The fourth-order valence-corrected chi connectivity index (χ4v) is 2.23. The molecule has 0 fully saturated rings. The van der Waals surface area contributed by atoms with Crippen LogP contribution in [0.25, 0.3) is 0 Å². The molecule has 4 heteroatoms. The van der Waals surface area contributed by atoms with Crippen molar-refractivity contribution >= 4 is 5.97 Å². The second kappa shape index (κ2) is 5.29. The maximum atomic E-state index is 11.7. The van der Waals surface area contributed by atoms with Crippen molar-refractivity contribution in [3.8, 4) is 11.5 Å². The fraction of sp³-hybridized carbons (Fsp3) is 0.500. The number of carbonyl (C=O) groups excluding carboxylic acids is 1. The molecule has 2 rings (SSSR count). The van der Waals surface area contributed by atoms with Crippen LogP contribution in [-0.4, -0.2) is 26.3 Å². The van der Waals surface area contributed by atoms with Crippen LogP contribution >= 0.6 is 0 Å². The minimum atomic E-state index is -0.203. The molecule has 1 aromatic carbocycles. The first-order chi connectivity index (χ1) is 8.67. The zero-order valence-electron chi connectivity index (χ0n) is 11.0. The summed E-state index contributed by atoms with van der Waals surface area (Å²) < 4.78 is 16.0. The fourth-order valence-electron chi connectivity index (χ4n) is 2.23. The van der Waals surface area contributed by atoms with E-state index in [1.165, 1.54) is 0 Å². The molecule has 0 aromatic heterocycles. The Balaban J connectivity index is 2.21. The van der Waals surface area contributed by atoms with Crippen molar-refractivity contribution in [2.45, 2.75) is 20.3 Å². The van der Waals surface area contributed by atoms with Crippen molar-refractivity contribution in [1.82, 2.24) is 0 Å². The minimum absolute atomic E-state index is 0.184. The van der Waals surface area contributed by atoms with Gasteiger partial charge in [0.25, 0.3) is 0 Å². The van der Waals surface area contributed by atoms with E-state index in [9.17, 15) is 4.79 Å². The third kappa shape index (κ3) is 2.28. The average molecular weight is 250 g/mol. The zero-order chi connectivity index (χ0) is 13.1. The summed E-state index contributed by atoms with van der Waals surface area (Å²) in [5.74, 6) is 1.26. The Labute approximate surface area is 107 Å². The molecule has 0 aliphatic carbocycles. The molecule has 1 aromatic rings. The highest BCUT2D eigenvalue weighted by Crippen LogP contribution is 2.36. The Bertz CT molecular complexity index is 453. The summed E-state index contributed by atoms with van der Waals surface area (Å²) in [7, 11) is 1.64. The van der Waals surface area contributed by atoms with Crippen LogP contribution in [0.5, 0.6) is 11.5 Å². The second-order valence-electron chi connectivity index (χ2n) is 4.35. The number of benzene rings is 1. The zero-order valence-corrected chi connectivity index (χ0v) is 11.0. The van der Waals surface area contributed by atoms with E-state index in [1.54, 1.807) is 7.11 Å². The van der Waals surface area contributed by atoms with E-state index in [1.807, 2.05) is 26.0 Å². The predicted octanol–water partition coefficient (Wildman–Crippen LogP) is 2.12. The summed E-state index contributed by atoms with van der Waals surface area (Å²) in [5.41, 5.74) is 2.02. The molecule has 98 valence electrons. The SMILES string of the molecule is CCOC(=O)C1COc2c(ccc(OC)c2C)C1. The Morgan fingerprint density at radius 2 is 2.28 bits per heavy atom. The Hall–Kier alpha value is -1.71. The molecular weight excluding hydrogens is 232 g/mol. The predicted molar refractivity (Wildman–Crippen MR) is 67.1 cm³/mol. The lowest BCUT2D eigenvalue weighted by molar-refractivity contribution is -0.149. The maximum Gasteiger partial charge on any atom is 0.312 e. The van der Waals surface area contributed by atoms with Crippen molar-refractivity contribution in [1.29, 1.82) is 0 Å². The van der Waals surface area contributed by atoms with Gasteiger partial charge in [-0.05, 0) is 31.9 Å². The van der Waals surface area contributed by atoms with Crippen LogP contribution in [0.1, 0.15) is 18.1 Å². The minimum Gasteiger partial charge on any atom is -0.496 e. The highest BCUT2D eigenvalue weighted by molar-refractivity contribution is 5.74. The summed E-state index contributed by atoms with van der Waals surface area (Å²) in [4.78, 5) is 11.7. The van der Waals surface area contributed by atoms with Gasteiger partial charge in [0, 0.05) is 5.56 Å². The summed E-state index contributed by atoms with van der Waals surface area (Å²) in [6, 6.07) is 3.86. The quantitative estimate of drug-likeness (QED) is 0.771. The van der Waals surface area contributed by atoms with Gasteiger partial charge in [-0.2, -0.15) is 0 Å². The van der Waals surface area contributed by atoms with Gasteiger partial charge in [-0.3, -0.25) is 4.79 Å². The number of hydrogen-bond donors (Lipinski definition) is 0. The highest BCUT2D eigenvalue weighted by Gasteiger charge is 2.28. The van der Waals surface area contributed by atoms with E-state index in [-0.39, 0.29) is 11.9 Å². The topological polar surface area (TPSA) is 44.8 Å². The van der Waals surface area contributed by atoms with Crippen LogP contribution in [0.2, 0.25) is 0 Å². The highest BCUT2D eigenvalue weighted by atomic mass is 16.5. The standard InChI is InChI=1S/C14H18O4/c1-4-17-14(15)11-7-10-5-6-12(16-3)9(2)13(10)18-8-11/h5-6,11H,4,7-8H2,1-3H3. The first kappa shape index (κ1) is 12.7. The molecule has 0 saturated heterocycles. The van der Waals surface area contributed by atoms with Crippen LogP contribution in [0.15, 0.2) is 12.1 Å². The van der Waals surface area contributed by atoms with Crippen LogP contribution in [-0.2, 0) is 16.0 Å². The van der Waals surface area contributed by atoms with Crippen molar-refractivity contribution in [3.05, 3.63) is 23.3 Å². The second-order valence-corrected chi connectivity index (χ2v) is 4.35. The van der Waals surface area contributed by atoms with Crippen molar-refractivity contribution in [2.24, 2.45) is 5.92 Å². The van der Waals surface area contributed by atoms with E-state index >= 15 is 0 Å². The lowest BCUT2D eigenvalue weighted by Gasteiger charge is -2.25. The summed E-state index contributed by atoms with van der Waals surface area (Å²) in [6.45, 7) is 4.55. The molecule has 0 radical (unpaired) electrons. The molecule has 1 unspecified atom stereocenters. The van der Waals surface area contributed by atoms with Crippen LogP contribution < -0.4 is 9.47 Å². The number of rotatable bonds is 3. The lowest BCUT2D eigenvalue weighted by Crippen LogP contribution is -2.30. The summed E-state index contributed by atoms with van der Waals surface area (Å²) in [5, 5.41) is 0. The number of ether oxygens (including phenoxy) is 3. The van der Waals surface area contributed by atoms with E-state index < -0.39 is 0 Å². The smallest absolute Gasteiger partial charge is 0.312 e. The van der Waals surface area contributed by atoms with Gasteiger partial charge in [-0.25, -0.2) is 0 Å². The molecule has 4 nitrogen and oxygen atoms in total. The van der Waals surface area contributed by atoms with Gasteiger partial charge in [0.15, 0.2) is 0 Å². The van der Waals surface area contributed by atoms with E-state index in [0.717, 1.165) is 22.6 Å². The maximum absolute atomic E-state index is 11.7. The molecule has 18 heavy (non-hydrogen) atoms. The van der Waals surface area contributed by atoms with Crippen molar-refractivity contribution in [2.75, 3.05) is 20.3 Å². The molecule has 0 bridgehead atoms. The molecule has 0 spiro atoms. The van der Waals surface area contributed by atoms with Gasteiger partial charge in [-0.15, -0.1) is 0 Å². The third-order valence-corrected chi connectivity index (χ3v) is 3.17. The Kier molecular flexibility index (Phi) is 3.75. The largest absolute Gasteiger partial charge is 0.496 e. The van der Waals surface area contributed by atoms with Crippen LogP contribution in [0, 0.1) is 12.8 Å². The van der Waals surface area contributed by atoms with Gasteiger partial charge >= 0.3 is 5.97 Å². The van der Waals surface area contributed by atoms with Crippen LogP contribution in [0.3, 0.4) is 0 Å². The Morgan fingerprint density at radius 3 is 2.94 bits per heavy atom. The van der Waals surface area contributed by atoms with Gasteiger partial charge in [0.05, 0.1) is 19.6 Å². The summed E-state index contributed by atoms with van der Waals surface area (Å²) >= 11 is 0. The van der Waals surface area contributed by atoms with Crippen molar-refractivity contribution < 1.29 is 19.0 Å². The average Bonchev–Trinajstić information content (AvgIpc) is 2.39.